The molecule has 0 saturated heterocycles. The zero-order valence-corrected chi connectivity index (χ0v) is 14.0. The van der Waals surface area contributed by atoms with Crippen molar-refractivity contribution in [2.24, 2.45) is 10.2 Å². The maximum atomic E-state index is 11.9. The van der Waals surface area contributed by atoms with Crippen LogP contribution in [0.2, 0.25) is 0 Å². The van der Waals surface area contributed by atoms with E-state index in [0.717, 1.165) is 23.5 Å². The molecule has 1 aliphatic heterocycles. The molecule has 1 aliphatic rings. The van der Waals surface area contributed by atoms with Gasteiger partial charge in [-0.1, -0.05) is 30.3 Å². The molecule has 0 unspecified atom stereocenters. The summed E-state index contributed by atoms with van der Waals surface area (Å²) >= 11 is 0. The number of benzene rings is 1. The first kappa shape index (κ1) is 16.9. The highest BCUT2D eigenvalue weighted by atomic mass is 16.1. The molecular weight excluding hydrogens is 314 g/mol. The molecule has 0 saturated carbocycles. The molecule has 6 heteroatoms. The third kappa shape index (κ3) is 4.77. The van der Waals surface area contributed by atoms with E-state index in [1.54, 1.807) is 0 Å². The van der Waals surface area contributed by atoms with Crippen LogP contribution in [0.3, 0.4) is 0 Å². The fourth-order valence-electron chi connectivity index (χ4n) is 2.64. The largest absolute Gasteiger partial charge is 0.356 e. The molecule has 0 radical (unpaired) electrons. The minimum Gasteiger partial charge on any atom is -0.356 e. The van der Waals surface area contributed by atoms with Gasteiger partial charge in [-0.2, -0.15) is 10.2 Å². The van der Waals surface area contributed by atoms with Gasteiger partial charge in [0, 0.05) is 38.6 Å². The Labute approximate surface area is 147 Å². The van der Waals surface area contributed by atoms with Gasteiger partial charge in [-0.15, -0.1) is 12.3 Å². The summed E-state index contributed by atoms with van der Waals surface area (Å²) in [5, 5.41) is 11.0. The van der Waals surface area contributed by atoms with Crippen LogP contribution in [0, 0.1) is 12.3 Å². The molecule has 2 aromatic rings. The summed E-state index contributed by atoms with van der Waals surface area (Å²) in [5.74, 6) is 3.45. The topological polar surface area (TPSA) is 82.5 Å². The fraction of sp³-hybridized carbons (Fsp3) is 0.368. The maximum Gasteiger partial charge on any atom is 0.220 e. The first-order valence-corrected chi connectivity index (χ1v) is 8.44. The third-order valence-corrected chi connectivity index (χ3v) is 4.20. The number of hydrogen-bond donors (Lipinski definition) is 2. The number of nitrogens with zero attached hydrogens (tertiary/aromatic N) is 3. The van der Waals surface area contributed by atoms with Gasteiger partial charge in [-0.05, 0) is 5.56 Å². The van der Waals surface area contributed by atoms with Crippen LogP contribution in [0.5, 0.6) is 0 Å². The van der Waals surface area contributed by atoms with Crippen LogP contribution in [0.1, 0.15) is 31.5 Å². The smallest absolute Gasteiger partial charge is 0.220 e. The number of terminal acetylenes is 1. The minimum absolute atomic E-state index is 0.00669. The van der Waals surface area contributed by atoms with Gasteiger partial charge in [0.05, 0.1) is 11.9 Å². The van der Waals surface area contributed by atoms with Crippen molar-refractivity contribution in [1.29, 1.82) is 0 Å². The van der Waals surface area contributed by atoms with Crippen LogP contribution >= 0.6 is 0 Å². The van der Waals surface area contributed by atoms with Crippen molar-refractivity contribution in [3.63, 3.8) is 0 Å². The maximum absolute atomic E-state index is 11.9. The monoisotopic (exact) mass is 335 g/mol. The highest BCUT2D eigenvalue weighted by Crippen LogP contribution is 2.37. The van der Waals surface area contributed by atoms with Crippen molar-refractivity contribution in [2.75, 3.05) is 6.54 Å². The molecular formula is C19H21N5O. The van der Waals surface area contributed by atoms with E-state index in [0.29, 0.717) is 32.2 Å². The molecule has 0 bridgehead atoms. The Balaban J connectivity index is 1.38. The lowest BCUT2D eigenvalue weighted by atomic mass is 10.0. The number of rotatable bonds is 9. The van der Waals surface area contributed by atoms with Gasteiger partial charge in [0.2, 0.25) is 5.91 Å². The molecule has 128 valence electrons. The van der Waals surface area contributed by atoms with Gasteiger partial charge < -0.3 is 10.3 Å². The summed E-state index contributed by atoms with van der Waals surface area (Å²) in [6.07, 6.45) is 10.1. The minimum atomic E-state index is -0.394. The zero-order valence-electron chi connectivity index (χ0n) is 14.0. The lowest BCUT2D eigenvalue weighted by molar-refractivity contribution is -0.121. The Bertz CT molecular complexity index is 782. The molecule has 0 atom stereocenters. The SMILES string of the molecule is C#CCCC1(CCC(=O)NCCc2ncc(-c3ccccc3)[nH]2)N=N1. The van der Waals surface area contributed by atoms with Crippen LogP contribution in [-0.4, -0.2) is 28.1 Å². The van der Waals surface area contributed by atoms with E-state index in [4.69, 9.17) is 6.42 Å². The highest BCUT2D eigenvalue weighted by molar-refractivity contribution is 5.76. The number of aromatic amines is 1. The van der Waals surface area contributed by atoms with Crippen molar-refractivity contribution in [3.05, 3.63) is 42.4 Å². The number of nitrogens with one attached hydrogen (secondary N) is 2. The molecule has 2 heterocycles. The molecule has 0 spiro atoms. The van der Waals surface area contributed by atoms with Gasteiger partial charge in [0.25, 0.3) is 0 Å². The van der Waals surface area contributed by atoms with Crippen LogP contribution in [-0.2, 0) is 11.2 Å². The van der Waals surface area contributed by atoms with E-state index in [-0.39, 0.29) is 5.91 Å². The average molecular weight is 335 g/mol. The Morgan fingerprint density at radius 1 is 1.24 bits per heavy atom. The molecule has 0 fully saturated rings. The molecule has 25 heavy (non-hydrogen) atoms. The van der Waals surface area contributed by atoms with Crippen molar-refractivity contribution < 1.29 is 4.79 Å². The number of amides is 1. The Kier molecular flexibility index (Phi) is 5.24. The van der Waals surface area contributed by atoms with Crippen LogP contribution in [0.25, 0.3) is 11.3 Å². The molecule has 1 aromatic carbocycles. The summed E-state index contributed by atoms with van der Waals surface area (Å²) in [6.45, 7) is 0.548. The average Bonchev–Trinajstić information content (AvgIpc) is 3.26. The molecule has 1 aromatic heterocycles. The van der Waals surface area contributed by atoms with Crippen LogP contribution in [0.15, 0.2) is 46.8 Å². The summed E-state index contributed by atoms with van der Waals surface area (Å²) < 4.78 is 0. The van der Waals surface area contributed by atoms with E-state index in [2.05, 4.69) is 31.4 Å². The lowest BCUT2D eigenvalue weighted by Crippen LogP contribution is -2.27. The molecule has 0 aliphatic carbocycles. The number of H-pyrrole nitrogens is 1. The number of imidazole rings is 1. The predicted molar refractivity (Wildman–Crippen MR) is 95.6 cm³/mol. The normalized spacial score (nSPS) is 14.0. The number of hydrogen-bond acceptors (Lipinski definition) is 4. The van der Waals surface area contributed by atoms with Crippen LogP contribution < -0.4 is 5.32 Å². The summed E-state index contributed by atoms with van der Waals surface area (Å²) in [4.78, 5) is 19.6. The fourth-order valence-corrected chi connectivity index (χ4v) is 2.64. The number of carbonyl (C=O) groups excluding carboxylic acids is 1. The Morgan fingerprint density at radius 3 is 2.76 bits per heavy atom. The van der Waals surface area contributed by atoms with Crippen molar-refractivity contribution in [1.82, 2.24) is 15.3 Å². The highest BCUT2D eigenvalue weighted by Gasteiger charge is 2.39. The summed E-state index contributed by atoms with van der Waals surface area (Å²) in [7, 11) is 0. The quantitative estimate of drug-likeness (QED) is 0.690. The molecule has 3 rings (SSSR count). The van der Waals surface area contributed by atoms with Gasteiger partial charge in [0.1, 0.15) is 5.82 Å². The Hall–Kier alpha value is -2.94. The molecule has 1 amide bonds. The predicted octanol–water partition coefficient (Wildman–Crippen LogP) is 3.09. The van der Waals surface area contributed by atoms with E-state index in [1.807, 2.05) is 36.5 Å². The van der Waals surface area contributed by atoms with Gasteiger partial charge in [-0.3, -0.25) is 4.79 Å². The van der Waals surface area contributed by atoms with E-state index in [9.17, 15) is 4.79 Å². The van der Waals surface area contributed by atoms with Gasteiger partial charge in [0.15, 0.2) is 5.66 Å². The van der Waals surface area contributed by atoms with E-state index >= 15 is 0 Å². The summed E-state index contributed by atoms with van der Waals surface area (Å²) in [5.41, 5.74) is 1.68. The standard InChI is InChI=1S/C19H21N5O/c1-2-3-11-19(23-24-19)12-9-18(25)20-13-10-17-21-14-16(22-17)15-7-5-4-6-8-15/h1,4-8,14H,3,9-13H2,(H,20,25)(H,21,22). The van der Waals surface area contributed by atoms with Gasteiger partial charge >= 0.3 is 0 Å². The first-order valence-electron chi connectivity index (χ1n) is 8.44. The second-order valence-electron chi connectivity index (χ2n) is 6.10. The van der Waals surface area contributed by atoms with Crippen molar-refractivity contribution >= 4 is 5.91 Å². The lowest BCUT2D eigenvalue weighted by Gasteiger charge is -2.08. The van der Waals surface area contributed by atoms with Crippen molar-refractivity contribution in [2.45, 2.75) is 37.8 Å². The summed E-state index contributed by atoms with van der Waals surface area (Å²) in [6, 6.07) is 10.0. The second-order valence-corrected chi connectivity index (χ2v) is 6.10. The van der Waals surface area contributed by atoms with Crippen molar-refractivity contribution in [3.8, 4) is 23.6 Å². The van der Waals surface area contributed by atoms with E-state index in [1.165, 1.54) is 0 Å². The number of aromatic nitrogens is 2. The number of carbonyl (C=O) groups is 1. The zero-order chi connectivity index (χ0) is 17.5. The molecule has 2 N–H and O–H groups in total. The first-order chi connectivity index (χ1) is 12.2. The van der Waals surface area contributed by atoms with Gasteiger partial charge in [-0.25, -0.2) is 4.98 Å². The third-order valence-electron chi connectivity index (χ3n) is 4.20. The Morgan fingerprint density at radius 2 is 2.04 bits per heavy atom. The second kappa shape index (κ2) is 7.75. The van der Waals surface area contributed by atoms with Crippen LogP contribution in [0.4, 0.5) is 0 Å². The molecule has 6 nitrogen and oxygen atoms in total. The van der Waals surface area contributed by atoms with E-state index < -0.39 is 5.66 Å².